The molecule has 0 radical (unpaired) electrons. The van der Waals surface area contributed by atoms with Gasteiger partial charge in [-0.05, 0) is 85.8 Å². The Hall–Kier alpha value is -3.50. The van der Waals surface area contributed by atoms with Crippen molar-refractivity contribution < 1.29 is 23.7 Å². The Morgan fingerprint density at radius 3 is 2.15 bits per heavy atom. The van der Waals surface area contributed by atoms with E-state index in [1.54, 1.807) is 34.5 Å². The molecule has 0 fully saturated rings. The zero-order chi connectivity index (χ0) is 29.0. The van der Waals surface area contributed by atoms with Gasteiger partial charge in [0.15, 0.2) is 28.8 Å². The van der Waals surface area contributed by atoms with Crippen molar-refractivity contribution >= 4 is 11.9 Å². The summed E-state index contributed by atoms with van der Waals surface area (Å²) in [7, 11) is 8.55. The van der Waals surface area contributed by atoms with Gasteiger partial charge in [0.05, 0.1) is 39.9 Å². The summed E-state index contributed by atoms with van der Waals surface area (Å²) in [5, 5.41) is 10.3. The summed E-state index contributed by atoms with van der Waals surface area (Å²) in [4.78, 5) is 14.2. The number of hydrogen-bond acceptors (Lipinski definition) is 7. The highest BCUT2D eigenvalue weighted by Crippen LogP contribution is 2.40. The Kier molecular flexibility index (Phi) is 12.3. The Morgan fingerprint density at radius 1 is 0.974 bits per heavy atom. The molecule has 2 aromatic carbocycles. The standard InChI is InChI=1S/C32H44N2O5/c1-9-27(35)13-11-24-19-29(37-6)30(38-7)20-25(24)15-18-34(4)17-10-16-32(22-33,23(2)3)26-12-14-28(36-5)31(21-26)39-8/h11-14,19-21,23H,9-10,15-18H2,1-8H3/b13-11+. The molecular weight excluding hydrogens is 492 g/mol. The highest BCUT2D eigenvalue weighted by molar-refractivity contribution is 5.93. The molecule has 2 aromatic rings. The molecule has 2 rings (SSSR count). The number of allylic oxidation sites excluding steroid dienone is 1. The summed E-state index contributed by atoms with van der Waals surface area (Å²) in [5.74, 6) is 2.79. The van der Waals surface area contributed by atoms with E-state index in [0.717, 1.165) is 49.0 Å². The quantitative estimate of drug-likeness (QED) is 0.240. The van der Waals surface area contributed by atoms with Crippen LogP contribution in [0.15, 0.2) is 36.4 Å². The van der Waals surface area contributed by atoms with Crippen LogP contribution in [0, 0.1) is 17.2 Å². The Labute approximate surface area is 234 Å². The smallest absolute Gasteiger partial charge is 0.161 e. The third-order valence-corrected chi connectivity index (χ3v) is 7.40. The second kappa shape index (κ2) is 15.2. The van der Waals surface area contributed by atoms with E-state index in [4.69, 9.17) is 18.9 Å². The van der Waals surface area contributed by atoms with Crippen LogP contribution < -0.4 is 18.9 Å². The first kappa shape index (κ1) is 31.7. The first-order chi connectivity index (χ1) is 18.7. The number of nitrogens with zero attached hydrogens (tertiary/aromatic N) is 2. The molecule has 0 heterocycles. The largest absolute Gasteiger partial charge is 0.493 e. The van der Waals surface area contributed by atoms with Gasteiger partial charge in [-0.2, -0.15) is 5.26 Å². The first-order valence-corrected chi connectivity index (χ1v) is 13.5. The first-order valence-electron chi connectivity index (χ1n) is 13.5. The van der Waals surface area contributed by atoms with E-state index >= 15 is 0 Å². The average molecular weight is 537 g/mol. The molecular formula is C32H44N2O5. The second-order valence-corrected chi connectivity index (χ2v) is 10.0. The van der Waals surface area contributed by atoms with Crippen molar-refractivity contribution in [3.05, 3.63) is 53.1 Å². The van der Waals surface area contributed by atoms with E-state index in [1.807, 2.05) is 43.3 Å². The highest BCUT2D eigenvalue weighted by Gasteiger charge is 2.36. The number of hydrogen-bond donors (Lipinski definition) is 0. The van der Waals surface area contributed by atoms with Gasteiger partial charge in [-0.1, -0.05) is 32.9 Å². The van der Waals surface area contributed by atoms with Crippen molar-refractivity contribution in [2.24, 2.45) is 5.92 Å². The van der Waals surface area contributed by atoms with Crippen LogP contribution in [0.2, 0.25) is 0 Å². The number of carbonyl (C=O) groups is 1. The normalized spacial score (nSPS) is 12.8. The molecule has 0 aliphatic heterocycles. The van der Waals surface area contributed by atoms with Crippen molar-refractivity contribution in [2.45, 2.75) is 51.9 Å². The van der Waals surface area contributed by atoms with Crippen LogP contribution in [0.1, 0.15) is 56.7 Å². The summed E-state index contributed by atoms with van der Waals surface area (Å²) in [6.07, 6.45) is 6.31. The topological polar surface area (TPSA) is 81.0 Å². The van der Waals surface area contributed by atoms with Gasteiger partial charge in [0.1, 0.15) is 0 Å². The molecule has 0 spiro atoms. The number of likely N-dealkylation sites (N-methyl/N-ethyl adjacent to an activating group) is 1. The zero-order valence-corrected chi connectivity index (χ0v) is 24.8. The molecule has 0 amide bonds. The molecule has 0 bridgehead atoms. The molecule has 1 atom stereocenters. The molecule has 212 valence electrons. The number of carbonyl (C=O) groups excluding carboxylic acids is 1. The van der Waals surface area contributed by atoms with Gasteiger partial charge < -0.3 is 23.8 Å². The Morgan fingerprint density at radius 2 is 1.59 bits per heavy atom. The lowest BCUT2D eigenvalue weighted by Crippen LogP contribution is -2.32. The van der Waals surface area contributed by atoms with Gasteiger partial charge in [0.25, 0.3) is 0 Å². The average Bonchev–Trinajstić information content (AvgIpc) is 2.96. The van der Waals surface area contributed by atoms with Crippen LogP contribution in [0.3, 0.4) is 0 Å². The van der Waals surface area contributed by atoms with E-state index in [2.05, 4.69) is 31.9 Å². The minimum absolute atomic E-state index is 0.0773. The van der Waals surface area contributed by atoms with Crippen LogP contribution in [0.4, 0.5) is 0 Å². The van der Waals surface area contributed by atoms with Crippen LogP contribution in [0.5, 0.6) is 23.0 Å². The fraction of sp³-hybridized carbons (Fsp3) is 0.500. The lowest BCUT2D eigenvalue weighted by atomic mass is 9.69. The van der Waals surface area contributed by atoms with Crippen LogP contribution in [-0.2, 0) is 16.6 Å². The van der Waals surface area contributed by atoms with E-state index in [-0.39, 0.29) is 11.7 Å². The second-order valence-electron chi connectivity index (χ2n) is 10.0. The highest BCUT2D eigenvalue weighted by atomic mass is 16.5. The SMILES string of the molecule is CCC(=O)/C=C/c1cc(OC)c(OC)cc1CCN(C)CCCC(C#N)(c1ccc(OC)c(OC)c1)C(C)C. The Balaban J connectivity index is 2.15. The lowest BCUT2D eigenvalue weighted by molar-refractivity contribution is -0.114. The van der Waals surface area contributed by atoms with E-state index in [1.165, 1.54) is 0 Å². The van der Waals surface area contributed by atoms with Gasteiger partial charge in [0, 0.05) is 13.0 Å². The number of rotatable bonds is 16. The van der Waals surface area contributed by atoms with Gasteiger partial charge >= 0.3 is 0 Å². The van der Waals surface area contributed by atoms with Gasteiger partial charge in [-0.25, -0.2) is 0 Å². The van der Waals surface area contributed by atoms with Crippen LogP contribution >= 0.6 is 0 Å². The van der Waals surface area contributed by atoms with Crippen molar-refractivity contribution in [3.8, 4) is 29.1 Å². The summed E-state index contributed by atoms with van der Waals surface area (Å²) in [5.41, 5.74) is 2.34. The molecule has 0 aliphatic rings. The number of methoxy groups -OCH3 is 4. The van der Waals surface area contributed by atoms with Crippen LogP contribution in [-0.4, -0.2) is 59.3 Å². The van der Waals surface area contributed by atoms with Gasteiger partial charge in [-0.15, -0.1) is 0 Å². The van der Waals surface area contributed by atoms with Crippen LogP contribution in [0.25, 0.3) is 6.08 Å². The maximum absolute atomic E-state index is 11.9. The molecule has 7 heteroatoms. The maximum Gasteiger partial charge on any atom is 0.161 e. The Bertz CT molecular complexity index is 1170. The summed E-state index contributed by atoms with van der Waals surface area (Å²) in [6, 6.07) is 12.3. The minimum atomic E-state index is -0.631. The number of benzene rings is 2. The van der Waals surface area contributed by atoms with Gasteiger partial charge in [0.2, 0.25) is 0 Å². The monoisotopic (exact) mass is 536 g/mol. The zero-order valence-electron chi connectivity index (χ0n) is 24.8. The number of ketones is 1. The molecule has 0 aliphatic carbocycles. The van der Waals surface area contributed by atoms with Crippen molar-refractivity contribution in [1.29, 1.82) is 5.26 Å². The maximum atomic E-state index is 11.9. The van der Waals surface area contributed by atoms with E-state index in [9.17, 15) is 10.1 Å². The lowest BCUT2D eigenvalue weighted by Gasteiger charge is -2.32. The third-order valence-electron chi connectivity index (χ3n) is 7.40. The fourth-order valence-electron chi connectivity index (χ4n) is 4.79. The predicted octanol–water partition coefficient (Wildman–Crippen LogP) is 6.09. The third kappa shape index (κ3) is 8.00. The molecule has 39 heavy (non-hydrogen) atoms. The number of ether oxygens (including phenoxy) is 4. The summed E-state index contributed by atoms with van der Waals surface area (Å²) < 4.78 is 21.9. The van der Waals surface area contributed by atoms with E-state index in [0.29, 0.717) is 29.4 Å². The fourth-order valence-corrected chi connectivity index (χ4v) is 4.79. The minimum Gasteiger partial charge on any atom is -0.493 e. The molecule has 0 aromatic heterocycles. The van der Waals surface area contributed by atoms with Gasteiger partial charge in [-0.3, -0.25) is 4.79 Å². The molecule has 7 nitrogen and oxygen atoms in total. The van der Waals surface area contributed by atoms with Crippen molar-refractivity contribution in [2.75, 3.05) is 48.6 Å². The van der Waals surface area contributed by atoms with E-state index < -0.39 is 5.41 Å². The molecule has 0 saturated heterocycles. The molecule has 1 unspecified atom stereocenters. The summed E-state index contributed by atoms with van der Waals surface area (Å²) in [6.45, 7) is 7.70. The molecule has 0 saturated carbocycles. The van der Waals surface area contributed by atoms with Crippen molar-refractivity contribution in [1.82, 2.24) is 4.90 Å². The summed E-state index contributed by atoms with van der Waals surface area (Å²) >= 11 is 0. The molecule has 0 N–H and O–H groups in total. The number of nitriles is 1. The van der Waals surface area contributed by atoms with Crippen molar-refractivity contribution in [3.63, 3.8) is 0 Å². The predicted molar refractivity (Wildman–Crippen MR) is 156 cm³/mol.